The Morgan fingerprint density at radius 2 is 2.00 bits per heavy atom. The molecule has 0 bridgehead atoms. The molecule has 0 aliphatic rings. The van der Waals surface area contributed by atoms with Gasteiger partial charge in [-0.3, -0.25) is 0 Å². The third-order valence-corrected chi connectivity index (χ3v) is 3.42. The normalized spacial score (nSPS) is 11.1. The molecule has 3 nitrogen and oxygen atoms in total. The summed E-state index contributed by atoms with van der Waals surface area (Å²) in [5.41, 5.74) is 2.82. The van der Waals surface area contributed by atoms with E-state index >= 15 is 0 Å². The molecule has 0 aliphatic heterocycles. The highest BCUT2D eigenvalue weighted by atomic mass is 127. The molecule has 2 heterocycles. The van der Waals surface area contributed by atoms with Crippen LogP contribution in [0.5, 0.6) is 0 Å². The van der Waals surface area contributed by atoms with E-state index < -0.39 is 0 Å². The van der Waals surface area contributed by atoms with E-state index in [4.69, 9.17) is 11.6 Å². The summed E-state index contributed by atoms with van der Waals surface area (Å²) in [5.74, 6) is 0.703. The smallest absolute Gasteiger partial charge is 0.156 e. The number of nitrogens with one attached hydrogen (secondary N) is 1. The fourth-order valence-electron chi connectivity index (χ4n) is 1.23. The monoisotopic (exact) mass is 307 g/mol. The molecule has 0 atom stereocenters. The maximum absolute atomic E-state index is 5.96. The standard InChI is InChI=1S/C8H7ClIN3/c1-3-5(10)6-7(11-3)8(9)13-4(2)12-6/h11H,1-2H3. The van der Waals surface area contributed by atoms with Gasteiger partial charge < -0.3 is 4.98 Å². The minimum absolute atomic E-state index is 0.494. The molecule has 2 aromatic rings. The van der Waals surface area contributed by atoms with Crippen molar-refractivity contribution in [3.8, 4) is 0 Å². The van der Waals surface area contributed by atoms with Crippen molar-refractivity contribution in [2.24, 2.45) is 0 Å². The molecule has 0 saturated heterocycles. The van der Waals surface area contributed by atoms with E-state index in [-0.39, 0.29) is 0 Å². The van der Waals surface area contributed by atoms with Gasteiger partial charge in [-0.1, -0.05) is 11.6 Å². The summed E-state index contributed by atoms with van der Waals surface area (Å²) < 4.78 is 1.11. The predicted octanol–water partition coefficient (Wildman–Crippen LogP) is 2.83. The second kappa shape index (κ2) is 3.09. The first kappa shape index (κ1) is 9.21. The SMILES string of the molecule is Cc1nc(Cl)c2[nH]c(C)c(I)c2n1. The molecule has 5 heteroatoms. The molecule has 0 amide bonds. The summed E-state index contributed by atoms with van der Waals surface area (Å²) in [6.45, 7) is 3.83. The Balaban J connectivity index is 2.94. The molecule has 0 unspecified atom stereocenters. The van der Waals surface area contributed by atoms with Crippen LogP contribution in [0.1, 0.15) is 11.5 Å². The van der Waals surface area contributed by atoms with Crippen molar-refractivity contribution in [3.63, 3.8) is 0 Å². The third-order valence-electron chi connectivity index (χ3n) is 1.83. The van der Waals surface area contributed by atoms with Crippen molar-refractivity contribution >= 4 is 45.2 Å². The lowest BCUT2D eigenvalue weighted by atomic mass is 10.4. The lowest BCUT2D eigenvalue weighted by Gasteiger charge is -1.94. The lowest BCUT2D eigenvalue weighted by molar-refractivity contribution is 1.09. The molecule has 68 valence electrons. The van der Waals surface area contributed by atoms with E-state index in [1.165, 1.54) is 0 Å². The number of fused-ring (bicyclic) bond motifs is 1. The molecular weight excluding hydrogens is 300 g/mol. The first-order valence-electron chi connectivity index (χ1n) is 3.77. The van der Waals surface area contributed by atoms with Crippen LogP contribution < -0.4 is 0 Å². The molecule has 0 radical (unpaired) electrons. The van der Waals surface area contributed by atoms with Gasteiger partial charge in [-0.2, -0.15) is 0 Å². The van der Waals surface area contributed by atoms with Gasteiger partial charge in [-0.05, 0) is 36.4 Å². The highest BCUT2D eigenvalue weighted by Crippen LogP contribution is 2.26. The van der Waals surface area contributed by atoms with E-state index in [2.05, 4.69) is 37.5 Å². The Bertz CT molecular complexity index is 478. The summed E-state index contributed by atoms with van der Waals surface area (Å²) >= 11 is 8.21. The van der Waals surface area contributed by atoms with Gasteiger partial charge in [0, 0.05) is 5.69 Å². The van der Waals surface area contributed by atoms with Crippen LogP contribution in [0.3, 0.4) is 0 Å². The molecular formula is C8H7ClIN3. The first-order valence-corrected chi connectivity index (χ1v) is 5.23. The highest BCUT2D eigenvalue weighted by Gasteiger charge is 2.11. The number of H-pyrrole nitrogens is 1. The number of rotatable bonds is 0. The van der Waals surface area contributed by atoms with Gasteiger partial charge in [0.05, 0.1) is 3.57 Å². The molecule has 0 saturated carbocycles. The first-order chi connectivity index (χ1) is 6.09. The Kier molecular flexibility index (Phi) is 2.19. The number of halogens is 2. The molecule has 0 fully saturated rings. The average molecular weight is 308 g/mol. The third kappa shape index (κ3) is 1.42. The van der Waals surface area contributed by atoms with Crippen molar-refractivity contribution in [2.45, 2.75) is 13.8 Å². The Morgan fingerprint density at radius 1 is 1.31 bits per heavy atom. The van der Waals surface area contributed by atoms with Gasteiger partial charge in [-0.15, -0.1) is 0 Å². The second-order valence-electron chi connectivity index (χ2n) is 2.85. The van der Waals surface area contributed by atoms with Crippen molar-refractivity contribution in [1.82, 2.24) is 15.0 Å². The van der Waals surface area contributed by atoms with Gasteiger partial charge in [0.1, 0.15) is 16.9 Å². The van der Waals surface area contributed by atoms with Gasteiger partial charge in [0.15, 0.2) is 5.15 Å². The predicted molar refractivity (Wildman–Crippen MR) is 61.1 cm³/mol. The minimum Gasteiger partial charge on any atom is -0.354 e. The van der Waals surface area contributed by atoms with E-state index in [0.29, 0.717) is 11.0 Å². The maximum atomic E-state index is 5.96. The zero-order valence-corrected chi connectivity index (χ0v) is 10.1. The number of hydrogen-bond donors (Lipinski definition) is 1. The van der Waals surface area contributed by atoms with Gasteiger partial charge in [0.2, 0.25) is 0 Å². The van der Waals surface area contributed by atoms with Crippen LogP contribution in [0.15, 0.2) is 0 Å². The molecule has 1 N–H and O–H groups in total. The van der Waals surface area contributed by atoms with E-state index in [1.54, 1.807) is 0 Å². The fraction of sp³-hybridized carbons (Fsp3) is 0.250. The molecule has 13 heavy (non-hydrogen) atoms. The van der Waals surface area contributed by atoms with Crippen LogP contribution in [-0.2, 0) is 0 Å². The van der Waals surface area contributed by atoms with E-state index in [1.807, 2.05) is 13.8 Å². The summed E-state index contributed by atoms with van der Waals surface area (Å²) in [5, 5.41) is 0.494. The van der Waals surface area contributed by atoms with Crippen molar-refractivity contribution in [2.75, 3.05) is 0 Å². The molecule has 2 rings (SSSR count). The zero-order chi connectivity index (χ0) is 9.59. The zero-order valence-electron chi connectivity index (χ0n) is 7.15. The van der Waals surface area contributed by atoms with Crippen LogP contribution in [-0.4, -0.2) is 15.0 Å². The Hall–Kier alpha value is -0.360. The maximum Gasteiger partial charge on any atom is 0.156 e. The van der Waals surface area contributed by atoms with Crippen LogP contribution in [0, 0.1) is 17.4 Å². The number of aromatic amines is 1. The van der Waals surface area contributed by atoms with Gasteiger partial charge in [0.25, 0.3) is 0 Å². The van der Waals surface area contributed by atoms with E-state index in [9.17, 15) is 0 Å². The molecule has 0 aromatic carbocycles. The van der Waals surface area contributed by atoms with Crippen molar-refractivity contribution in [3.05, 3.63) is 20.2 Å². The fourth-order valence-corrected chi connectivity index (χ4v) is 2.01. The highest BCUT2D eigenvalue weighted by molar-refractivity contribution is 14.1. The lowest BCUT2D eigenvalue weighted by Crippen LogP contribution is -1.88. The Labute approximate surface area is 94.1 Å². The number of hydrogen-bond acceptors (Lipinski definition) is 2. The minimum atomic E-state index is 0.494. The van der Waals surface area contributed by atoms with Gasteiger partial charge >= 0.3 is 0 Å². The molecule has 2 aromatic heterocycles. The van der Waals surface area contributed by atoms with Crippen LogP contribution in [0.25, 0.3) is 11.0 Å². The van der Waals surface area contributed by atoms with Crippen LogP contribution in [0.2, 0.25) is 5.15 Å². The summed E-state index contributed by atoms with van der Waals surface area (Å²) in [4.78, 5) is 11.6. The average Bonchev–Trinajstić information content (AvgIpc) is 2.32. The van der Waals surface area contributed by atoms with Crippen LogP contribution in [0.4, 0.5) is 0 Å². The quantitative estimate of drug-likeness (QED) is 0.601. The number of nitrogens with zero attached hydrogens (tertiary/aromatic N) is 2. The van der Waals surface area contributed by atoms with Crippen molar-refractivity contribution in [1.29, 1.82) is 0 Å². The summed E-state index contributed by atoms with van der Waals surface area (Å²) in [6.07, 6.45) is 0. The van der Waals surface area contributed by atoms with Gasteiger partial charge in [-0.25, -0.2) is 9.97 Å². The topological polar surface area (TPSA) is 41.6 Å². The Morgan fingerprint density at radius 3 is 2.69 bits per heavy atom. The largest absolute Gasteiger partial charge is 0.354 e. The molecule has 0 spiro atoms. The number of aromatic nitrogens is 3. The summed E-state index contributed by atoms with van der Waals surface area (Å²) in [7, 11) is 0. The van der Waals surface area contributed by atoms with Crippen molar-refractivity contribution < 1.29 is 0 Å². The second-order valence-corrected chi connectivity index (χ2v) is 4.29. The van der Waals surface area contributed by atoms with Crippen LogP contribution >= 0.6 is 34.2 Å². The molecule has 0 aliphatic carbocycles. The number of aryl methyl sites for hydroxylation is 2. The summed E-state index contributed by atoms with van der Waals surface area (Å²) in [6, 6.07) is 0. The van der Waals surface area contributed by atoms with E-state index in [0.717, 1.165) is 20.3 Å².